The van der Waals surface area contributed by atoms with E-state index in [4.69, 9.17) is 23.2 Å². The van der Waals surface area contributed by atoms with E-state index in [0.29, 0.717) is 27.0 Å². The summed E-state index contributed by atoms with van der Waals surface area (Å²) in [4.78, 5) is 11.7. The predicted molar refractivity (Wildman–Crippen MR) is 82.8 cm³/mol. The van der Waals surface area contributed by atoms with E-state index in [1.807, 2.05) is 0 Å². The summed E-state index contributed by atoms with van der Waals surface area (Å²) in [6.07, 6.45) is -2.06. The van der Waals surface area contributed by atoms with Crippen LogP contribution in [0.2, 0.25) is 10.0 Å². The molecule has 0 saturated carbocycles. The minimum atomic E-state index is -4.46. The second-order valence-corrected chi connectivity index (χ2v) is 5.58. The zero-order valence-corrected chi connectivity index (χ0v) is 12.9. The first-order valence-corrected chi connectivity index (χ1v) is 7.23. The van der Waals surface area contributed by atoms with Crippen LogP contribution < -0.4 is 0 Å². The van der Waals surface area contributed by atoms with Gasteiger partial charge in [-0.15, -0.1) is 0 Å². The summed E-state index contributed by atoms with van der Waals surface area (Å²) in [7, 11) is 0. The maximum Gasteiger partial charge on any atom is 0.433 e. The first-order valence-electron chi connectivity index (χ1n) is 6.47. The summed E-state index contributed by atoms with van der Waals surface area (Å²) in [6.45, 7) is 0. The molecule has 0 N–H and O–H groups in total. The quantitative estimate of drug-likeness (QED) is 0.750. The summed E-state index contributed by atoms with van der Waals surface area (Å²) in [5.74, 6) is 0. The number of aliphatic imine (C=N–C) groups is 1. The Bertz CT molecular complexity index is 829. The molecule has 0 fully saturated rings. The third-order valence-corrected chi connectivity index (χ3v) is 3.95. The van der Waals surface area contributed by atoms with Gasteiger partial charge in [-0.05, 0) is 24.3 Å². The summed E-state index contributed by atoms with van der Waals surface area (Å²) < 4.78 is 37.9. The van der Waals surface area contributed by atoms with Crippen molar-refractivity contribution in [3.8, 4) is 11.3 Å². The van der Waals surface area contributed by atoms with Gasteiger partial charge in [0.25, 0.3) is 0 Å². The largest absolute Gasteiger partial charge is 0.433 e. The van der Waals surface area contributed by atoms with Crippen molar-refractivity contribution in [2.24, 2.45) is 4.99 Å². The maximum atomic E-state index is 12.6. The van der Waals surface area contributed by atoms with Crippen LogP contribution in [-0.2, 0) is 0 Å². The molecule has 0 saturated heterocycles. The van der Waals surface area contributed by atoms with Crippen LogP contribution in [0.5, 0.6) is 0 Å². The molecule has 0 unspecified atom stereocenters. The third-order valence-electron chi connectivity index (χ3n) is 3.21. The number of allylic oxidation sites excluding steroid dienone is 2. The lowest BCUT2D eigenvalue weighted by Crippen LogP contribution is -2.09. The van der Waals surface area contributed by atoms with Gasteiger partial charge in [-0.25, -0.2) is 15.0 Å². The molecule has 2 aromatic rings. The van der Waals surface area contributed by atoms with Crippen molar-refractivity contribution in [1.29, 1.82) is 0 Å². The van der Waals surface area contributed by atoms with Gasteiger partial charge in [-0.2, -0.15) is 13.2 Å². The zero-order valence-electron chi connectivity index (χ0n) is 11.4. The Morgan fingerprint density at radius 2 is 1.70 bits per heavy atom. The highest BCUT2D eigenvalue weighted by molar-refractivity contribution is 6.42. The highest BCUT2D eigenvalue weighted by atomic mass is 35.5. The fraction of sp³-hybridized carbons (Fsp3) is 0.133. The van der Waals surface area contributed by atoms with Crippen molar-refractivity contribution >= 4 is 28.9 Å². The monoisotopic (exact) mass is 357 g/mol. The minimum Gasteiger partial charge on any atom is -0.246 e. The van der Waals surface area contributed by atoms with E-state index in [1.54, 1.807) is 24.3 Å². The minimum absolute atomic E-state index is 0.0761. The van der Waals surface area contributed by atoms with Gasteiger partial charge in [0.05, 0.1) is 27.1 Å². The molecule has 1 aliphatic rings. The summed E-state index contributed by atoms with van der Waals surface area (Å²) in [5.41, 5.74) is 0.905. The molecule has 8 heteroatoms. The third kappa shape index (κ3) is 3.38. The van der Waals surface area contributed by atoms with Crippen molar-refractivity contribution in [2.45, 2.75) is 12.6 Å². The van der Waals surface area contributed by atoms with Crippen molar-refractivity contribution in [3.63, 3.8) is 0 Å². The fourth-order valence-electron chi connectivity index (χ4n) is 2.10. The van der Waals surface area contributed by atoms with E-state index >= 15 is 0 Å². The second-order valence-electron chi connectivity index (χ2n) is 4.77. The predicted octanol–water partition coefficient (Wildman–Crippen LogP) is 5.09. The van der Waals surface area contributed by atoms with Crippen molar-refractivity contribution in [2.75, 3.05) is 0 Å². The Hall–Kier alpha value is -1.92. The normalized spacial score (nSPS) is 14.7. The Balaban J connectivity index is 1.94. The number of aromatic nitrogens is 2. The van der Waals surface area contributed by atoms with Gasteiger partial charge in [0.2, 0.25) is 0 Å². The smallest absolute Gasteiger partial charge is 0.246 e. The summed E-state index contributed by atoms with van der Waals surface area (Å²) in [5, 5.41) is 0.771. The molecule has 23 heavy (non-hydrogen) atoms. The van der Waals surface area contributed by atoms with Gasteiger partial charge in [-0.3, -0.25) is 0 Å². The summed E-state index contributed by atoms with van der Waals surface area (Å²) >= 11 is 11.8. The van der Waals surface area contributed by atoms with Crippen LogP contribution in [0.25, 0.3) is 11.3 Å². The highest BCUT2D eigenvalue weighted by Crippen LogP contribution is 2.32. The highest BCUT2D eigenvalue weighted by Gasteiger charge is 2.36. The van der Waals surface area contributed by atoms with Crippen LogP contribution in [0.1, 0.15) is 12.1 Å². The Morgan fingerprint density at radius 3 is 2.35 bits per heavy atom. The molecular formula is C15H8Cl2F3N3. The van der Waals surface area contributed by atoms with E-state index in [9.17, 15) is 13.2 Å². The zero-order chi connectivity index (χ0) is 16.6. The van der Waals surface area contributed by atoms with Gasteiger partial charge in [0.15, 0.2) is 0 Å². The standard InChI is InChI=1S/C15H8Cl2F3N3/c16-9-2-1-8(5-10(9)17)12-6-13(22-7-21-12)11-3-4-14(23-11)15(18,19)20/h1-2,4-7H,3H2. The molecule has 0 amide bonds. The molecule has 0 aliphatic carbocycles. The van der Waals surface area contributed by atoms with Crippen LogP contribution in [0, 0.1) is 0 Å². The number of rotatable bonds is 2. The van der Waals surface area contributed by atoms with Crippen LogP contribution in [-0.4, -0.2) is 21.9 Å². The van der Waals surface area contributed by atoms with Gasteiger partial charge in [0, 0.05) is 12.0 Å². The van der Waals surface area contributed by atoms with Crippen LogP contribution in [0.3, 0.4) is 0 Å². The summed E-state index contributed by atoms with van der Waals surface area (Å²) in [6, 6.07) is 6.55. The molecule has 118 valence electrons. The van der Waals surface area contributed by atoms with E-state index in [-0.39, 0.29) is 12.1 Å². The van der Waals surface area contributed by atoms with E-state index < -0.39 is 11.9 Å². The lowest BCUT2D eigenvalue weighted by atomic mass is 10.1. The number of hydrogen-bond donors (Lipinski definition) is 0. The Kier molecular flexibility index (Phi) is 4.12. The Labute approximate surface area is 139 Å². The second kappa shape index (κ2) is 5.94. The topological polar surface area (TPSA) is 38.1 Å². The first kappa shape index (κ1) is 16.0. The molecule has 0 radical (unpaired) electrons. The number of hydrogen-bond acceptors (Lipinski definition) is 3. The molecule has 3 nitrogen and oxygen atoms in total. The van der Waals surface area contributed by atoms with Crippen molar-refractivity contribution < 1.29 is 13.2 Å². The molecule has 1 aromatic carbocycles. The van der Waals surface area contributed by atoms with Gasteiger partial charge in [0.1, 0.15) is 12.0 Å². The number of benzene rings is 1. The van der Waals surface area contributed by atoms with Crippen LogP contribution in [0.4, 0.5) is 13.2 Å². The molecule has 2 heterocycles. The van der Waals surface area contributed by atoms with E-state index in [1.165, 1.54) is 6.33 Å². The molecule has 0 bridgehead atoms. The van der Waals surface area contributed by atoms with Gasteiger partial charge < -0.3 is 0 Å². The fourth-order valence-corrected chi connectivity index (χ4v) is 2.40. The van der Waals surface area contributed by atoms with Crippen LogP contribution in [0.15, 0.2) is 47.4 Å². The van der Waals surface area contributed by atoms with Gasteiger partial charge in [-0.1, -0.05) is 29.3 Å². The Morgan fingerprint density at radius 1 is 0.957 bits per heavy atom. The van der Waals surface area contributed by atoms with E-state index in [2.05, 4.69) is 15.0 Å². The van der Waals surface area contributed by atoms with Crippen molar-refractivity contribution in [1.82, 2.24) is 9.97 Å². The average molecular weight is 358 g/mol. The molecule has 0 atom stereocenters. The lowest BCUT2D eigenvalue weighted by Gasteiger charge is -2.06. The molecular weight excluding hydrogens is 350 g/mol. The molecule has 1 aromatic heterocycles. The molecule has 0 spiro atoms. The van der Waals surface area contributed by atoms with E-state index in [0.717, 1.165) is 6.08 Å². The SMILES string of the molecule is FC(F)(F)C1=CCC(c2cc(-c3ccc(Cl)c(Cl)c3)ncn2)=N1. The first-order chi connectivity index (χ1) is 10.8. The maximum absolute atomic E-state index is 12.6. The van der Waals surface area contributed by atoms with Gasteiger partial charge >= 0.3 is 6.18 Å². The number of alkyl halides is 3. The average Bonchev–Trinajstić information content (AvgIpc) is 3.00. The van der Waals surface area contributed by atoms with Crippen molar-refractivity contribution in [3.05, 3.63) is 58.1 Å². The van der Waals surface area contributed by atoms with Crippen LogP contribution >= 0.6 is 23.2 Å². The number of nitrogens with zero attached hydrogens (tertiary/aromatic N) is 3. The molecule has 3 rings (SSSR count). The molecule has 1 aliphatic heterocycles. The lowest BCUT2D eigenvalue weighted by molar-refractivity contribution is -0.0921. The number of halogens is 5.